The fraction of sp³-hybridized carbons (Fsp3) is 0.179. The molecular formula is C28H23F2N5O5. The van der Waals surface area contributed by atoms with Gasteiger partial charge in [0.15, 0.2) is 0 Å². The van der Waals surface area contributed by atoms with Crippen molar-refractivity contribution in [1.82, 2.24) is 19.9 Å². The molecule has 5 rings (SSSR count). The topological polar surface area (TPSA) is 129 Å². The highest BCUT2D eigenvalue weighted by atomic mass is 19.1. The van der Waals surface area contributed by atoms with Crippen LogP contribution in [-0.4, -0.2) is 30.0 Å². The molecule has 0 bridgehead atoms. The number of rotatable bonds is 10. The summed E-state index contributed by atoms with van der Waals surface area (Å²) in [4.78, 5) is 14.2. The molecule has 1 N–H and O–H groups in total. The molecule has 0 amide bonds. The van der Waals surface area contributed by atoms with E-state index in [1.165, 1.54) is 35.5 Å². The van der Waals surface area contributed by atoms with Crippen LogP contribution < -0.4 is 4.74 Å². The number of hydrogen-bond donors (Lipinski definition) is 1. The van der Waals surface area contributed by atoms with Crippen LogP contribution in [0.4, 0.5) is 14.5 Å². The Labute approximate surface area is 226 Å². The summed E-state index contributed by atoms with van der Waals surface area (Å²) in [7, 11) is 0. The largest absolute Gasteiger partial charge is 0.489 e. The lowest BCUT2D eigenvalue weighted by molar-refractivity contribution is -0.384. The summed E-state index contributed by atoms with van der Waals surface area (Å²) in [5.74, 6) is -1.63. The Hall–Kier alpha value is -4.97. The van der Waals surface area contributed by atoms with E-state index in [1.807, 2.05) is 0 Å². The van der Waals surface area contributed by atoms with E-state index in [1.54, 1.807) is 49.4 Å². The van der Waals surface area contributed by atoms with Crippen LogP contribution in [-0.2, 0) is 18.8 Å². The minimum atomic E-state index is -1.88. The van der Waals surface area contributed by atoms with Gasteiger partial charge in [-0.15, -0.1) is 0 Å². The second-order valence-electron chi connectivity index (χ2n) is 9.21. The molecule has 0 aliphatic heterocycles. The molecule has 0 radical (unpaired) electrons. The number of aromatic nitrogens is 4. The molecule has 2 aromatic heterocycles. The van der Waals surface area contributed by atoms with Crippen molar-refractivity contribution in [3.8, 4) is 17.0 Å². The number of nitro groups is 1. The van der Waals surface area contributed by atoms with Gasteiger partial charge in [0.25, 0.3) is 5.69 Å². The summed E-state index contributed by atoms with van der Waals surface area (Å²) < 4.78 is 41.2. The van der Waals surface area contributed by atoms with Gasteiger partial charge in [0.1, 0.15) is 53.7 Å². The van der Waals surface area contributed by atoms with Gasteiger partial charge >= 0.3 is 0 Å². The van der Waals surface area contributed by atoms with Crippen LogP contribution in [0.3, 0.4) is 0 Å². The maximum Gasteiger partial charge on any atom is 0.269 e. The molecule has 0 fully saturated rings. The van der Waals surface area contributed by atoms with Crippen LogP contribution in [0.15, 0.2) is 90.0 Å². The summed E-state index contributed by atoms with van der Waals surface area (Å²) >= 11 is 0. The quantitative estimate of drug-likeness (QED) is 0.182. The van der Waals surface area contributed by atoms with Gasteiger partial charge < -0.3 is 14.4 Å². The molecule has 40 heavy (non-hydrogen) atoms. The molecule has 0 saturated carbocycles. The minimum Gasteiger partial charge on any atom is -0.489 e. The third kappa shape index (κ3) is 5.57. The zero-order valence-corrected chi connectivity index (χ0v) is 21.1. The maximum atomic E-state index is 14.8. The average molecular weight is 548 g/mol. The third-order valence-electron chi connectivity index (χ3n) is 6.64. The smallest absolute Gasteiger partial charge is 0.269 e. The van der Waals surface area contributed by atoms with Crippen LogP contribution in [0.2, 0.25) is 0 Å². The lowest BCUT2D eigenvalue weighted by atomic mass is 9.80. The molecule has 5 aromatic rings. The van der Waals surface area contributed by atoms with E-state index in [0.29, 0.717) is 23.1 Å². The van der Waals surface area contributed by atoms with Gasteiger partial charge in [-0.2, -0.15) is 5.10 Å². The molecule has 204 valence electrons. The van der Waals surface area contributed by atoms with E-state index < -0.39 is 28.1 Å². The molecule has 0 unspecified atom stereocenters. The van der Waals surface area contributed by atoms with E-state index in [9.17, 15) is 24.0 Å². The second kappa shape index (κ2) is 11.0. The van der Waals surface area contributed by atoms with Crippen molar-refractivity contribution in [1.29, 1.82) is 0 Å². The van der Waals surface area contributed by atoms with Crippen molar-refractivity contribution in [3.05, 3.63) is 124 Å². The Bertz CT molecular complexity index is 1610. The highest BCUT2D eigenvalue weighted by Gasteiger charge is 2.42. The first-order valence-electron chi connectivity index (χ1n) is 12.2. The van der Waals surface area contributed by atoms with Gasteiger partial charge in [0, 0.05) is 35.4 Å². The van der Waals surface area contributed by atoms with E-state index in [0.717, 1.165) is 11.6 Å². The monoisotopic (exact) mass is 547 g/mol. The average Bonchev–Trinajstić information content (AvgIpc) is 3.64. The molecule has 0 saturated heterocycles. The number of hydrogen-bond acceptors (Lipinski definition) is 8. The van der Waals surface area contributed by atoms with Gasteiger partial charge in [0.05, 0.1) is 17.4 Å². The predicted molar refractivity (Wildman–Crippen MR) is 138 cm³/mol. The van der Waals surface area contributed by atoms with Crippen molar-refractivity contribution in [3.63, 3.8) is 0 Å². The standard InChI is InChI=1S/C28H23F2N5O5/c1-18(28(36,15-34-17-31-16-32-34)24-11-6-21(29)12-25(24)30)27-13-26(33-40-27)20-4-9-23(10-5-20)39-14-19-2-7-22(8-3-19)35(37)38/h2-13,16-18,36H,14-15H2,1H3/t18-,28+/m0/s1. The van der Waals surface area contributed by atoms with Gasteiger partial charge in [-0.3, -0.25) is 10.1 Å². The van der Waals surface area contributed by atoms with Gasteiger partial charge in [-0.05, 0) is 48.0 Å². The van der Waals surface area contributed by atoms with Gasteiger partial charge in [-0.25, -0.2) is 18.4 Å². The van der Waals surface area contributed by atoms with E-state index in [-0.39, 0.29) is 30.2 Å². The highest BCUT2D eigenvalue weighted by Crippen LogP contribution is 2.40. The molecule has 10 nitrogen and oxygen atoms in total. The third-order valence-corrected chi connectivity index (χ3v) is 6.64. The minimum absolute atomic E-state index is 0.00837. The molecule has 0 aliphatic carbocycles. The van der Waals surface area contributed by atoms with Gasteiger partial charge in [-0.1, -0.05) is 18.1 Å². The van der Waals surface area contributed by atoms with E-state index in [4.69, 9.17) is 9.26 Å². The fourth-order valence-electron chi connectivity index (χ4n) is 4.32. The number of non-ortho nitro benzene ring substituents is 1. The van der Waals surface area contributed by atoms with Crippen molar-refractivity contribution >= 4 is 5.69 Å². The van der Waals surface area contributed by atoms with Crippen LogP contribution in [0, 0.1) is 21.7 Å². The highest BCUT2D eigenvalue weighted by molar-refractivity contribution is 5.60. The van der Waals surface area contributed by atoms with Crippen LogP contribution in [0.5, 0.6) is 5.75 Å². The van der Waals surface area contributed by atoms with Gasteiger partial charge in [0.2, 0.25) is 0 Å². The van der Waals surface area contributed by atoms with E-state index in [2.05, 4.69) is 15.2 Å². The van der Waals surface area contributed by atoms with Crippen LogP contribution >= 0.6 is 0 Å². The van der Waals surface area contributed by atoms with Crippen LogP contribution in [0.25, 0.3) is 11.3 Å². The number of nitrogens with zero attached hydrogens (tertiary/aromatic N) is 5. The molecule has 2 atom stereocenters. The van der Waals surface area contributed by atoms with Crippen molar-refractivity contribution in [2.45, 2.75) is 31.6 Å². The first-order valence-corrected chi connectivity index (χ1v) is 12.2. The zero-order chi connectivity index (χ0) is 28.3. The molecule has 2 heterocycles. The van der Waals surface area contributed by atoms with Crippen molar-refractivity contribution in [2.75, 3.05) is 0 Å². The molecule has 0 spiro atoms. The number of halogens is 2. The summed E-state index contributed by atoms with van der Waals surface area (Å²) in [5, 5.41) is 30.7. The predicted octanol–water partition coefficient (Wildman–Crippen LogP) is 5.39. The van der Waals surface area contributed by atoms with Crippen molar-refractivity contribution in [2.24, 2.45) is 0 Å². The normalized spacial score (nSPS) is 13.5. The maximum absolute atomic E-state index is 14.8. The van der Waals surface area contributed by atoms with Crippen molar-refractivity contribution < 1.29 is 28.1 Å². The first-order chi connectivity index (χ1) is 19.2. The van der Waals surface area contributed by atoms with E-state index >= 15 is 0 Å². The first kappa shape index (κ1) is 26.6. The molecular weight excluding hydrogens is 524 g/mol. The molecule has 0 aliphatic rings. The molecule has 3 aromatic carbocycles. The Balaban J connectivity index is 1.33. The summed E-state index contributed by atoms with van der Waals surface area (Å²) in [6.45, 7) is 1.71. The van der Waals surface area contributed by atoms with Crippen LogP contribution in [0.1, 0.15) is 29.7 Å². The number of benzene rings is 3. The Morgan fingerprint density at radius 3 is 2.50 bits per heavy atom. The summed E-state index contributed by atoms with van der Waals surface area (Å²) in [6, 6.07) is 17.8. The summed E-state index contributed by atoms with van der Waals surface area (Å²) in [5.41, 5.74) is -0.0268. The lowest BCUT2D eigenvalue weighted by Gasteiger charge is -2.33. The Kier molecular flexibility index (Phi) is 7.34. The SMILES string of the molecule is C[C@@H](c1cc(-c2ccc(OCc3ccc([N+](=O)[O-])cc3)cc2)no1)[C@](O)(Cn1cncn1)c1ccc(F)cc1F. The zero-order valence-electron chi connectivity index (χ0n) is 21.1. The number of aliphatic hydroxyl groups is 1. The second-order valence-corrected chi connectivity index (χ2v) is 9.21. The Morgan fingerprint density at radius 1 is 1.10 bits per heavy atom. The Morgan fingerprint density at radius 2 is 1.85 bits per heavy atom. The fourth-order valence-corrected chi connectivity index (χ4v) is 4.32. The number of nitro benzene ring substituents is 1. The summed E-state index contributed by atoms with van der Waals surface area (Å²) in [6.07, 6.45) is 2.67. The lowest BCUT2D eigenvalue weighted by Crippen LogP contribution is -2.38. The molecule has 12 heteroatoms. The number of ether oxygens (including phenoxy) is 1.